The molecule has 2 N–H and O–H groups in total. The van der Waals surface area contributed by atoms with Gasteiger partial charge in [-0.05, 0) is 49.1 Å². The van der Waals surface area contributed by atoms with Crippen molar-refractivity contribution >= 4 is 29.1 Å². The summed E-state index contributed by atoms with van der Waals surface area (Å²) in [5.41, 5.74) is 1.55. The first-order valence-electron chi connectivity index (χ1n) is 11.0. The van der Waals surface area contributed by atoms with E-state index in [-0.39, 0.29) is 12.0 Å². The Morgan fingerprint density at radius 3 is 2.81 bits per heavy atom. The van der Waals surface area contributed by atoms with Crippen molar-refractivity contribution in [1.82, 2.24) is 10.2 Å². The van der Waals surface area contributed by atoms with E-state index in [1.165, 1.54) is 0 Å². The fourth-order valence-corrected chi connectivity index (χ4v) is 5.09. The molecule has 0 radical (unpaired) electrons. The maximum absolute atomic E-state index is 12.3. The number of nitrogens with zero attached hydrogens (tertiary/aromatic N) is 2. The molecular formula is C24H26ClN3O4. The fourth-order valence-electron chi connectivity index (χ4n) is 4.93. The maximum Gasteiger partial charge on any atom is 0.308 e. The van der Waals surface area contributed by atoms with Crippen LogP contribution in [0.15, 0.2) is 47.5 Å². The second-order valence-corrected chi connectivity index (χ2v) is 8.90. The largest absolute Gasteiger partial charge is 0.481 e. The lowest BCUT2D eigenvalue weighted by Crippen LogP contribution is -2.58. The standard InChI is InChI=1S/C24H26ClN3O4/c25-16-5-6-21-18(13-16)27-23(17-3-1-2-4-20(17)32-21)28-10-9-26-19(14-28)22(24(29)30)15-7-11-31-12-8-15/h1-6,13,15,19,22,26H,7-12,14H2,(H,29,30). The Labute approximate surface area is 192 Å². The molecule has 2 unspecified atom stereocenters. The van der Waals surface area contributed by atoms with Crippen LogP contribution >= 0.6 is 11.6 Å². The summed E-state index contributed by atoms with van der Waals surface area (Å²) < 4.78 is 11.6. The maximum atomic E-state index is 12.3. The van der Waals surface area contributed by atoms with Crippen LogP contribution in [0.3, 0.4) is 0 Å². The van der Waals surface area contributed by atoms with E-state index in [9.17, 15) is 9.90 Å². The molecule has 0 saturated carbocycles. The van der Waals surface area contributed by atoms with E-state index < -0.39 is 11.9 Å². The number of hydrogen-bond acceptors (Lipinski definition) is 6. The topological polar surface area (TPSA) is 83.4 Å². The predicted octanol–water partition coefficient (Wildman–Crippen LogP) is 3.93. The smallest absolute Gasteiger partial charge is 0.308 e. The molecule has 0 spiro atoms. The van der Waals surface area contributed by atoms with Gasteiger partial charge in [0.15, 0.2) is 5.75 Å². The summed E-state index contributed by atoms with van der Waals surface area (Å²) in [5.74, 6) is 1.03. The normalized spacial score (nSPS) is 22.1. The highest BCUT2D eigenvalue weighted by atomic mass is 35.5. The Kier molecular flexibility index (Phi) is 6.04. The second-order valence-electron chi connectivity index (χ2n) is 8.47. The fraction of sp³-hybridized carbons (Fsp3) is 0.417. The van der Waals surface area contributed by atoms with Gasteiger partial charge in [0.1, 0.15) is 17.3 Å². The number of carboxylic acid groups (broad SMARTS) is 1. The number of aliphatic carboxylic acids is 1. The highest BCUT2D eigenvalue weighted by molar-refractivity contribution is 6.31. The Bertz CT molecular complexity index is 1040. The third kappa shape index (κ3) is 4.20. The lowest BCUT2D eigenvalue weighted by Gasteiger charge is -2.41. The predicted molar refractivity (Wildman–Crippen MR) is 122 cm³/mol. The Morgan fingerprint density at radius 1 is 1.19 bits per heavy atom. The molecular weight excluding hydrogens is 430 g/mol. The number of carbonyl (C=O) groups is 1. The minimum absolute atomic E-state index is 0.102. The molecule has 2 fully saturated rings. The number of halogens is 1. The zero-order valence-corrected chi connectivity index (χ0v) is 18.4. The van der Waals surface area contributed by atoms with Crippen LogP contribution in [-0.2, 0) is 9.53 Å². The number of ether oxygens (including phenoxy) is 2. The van der Waals surface area contributed by atoms with Crippen molar-refractivity contribution in [2.45, 2.75) is 18.9 Å². The average Bonchev–Trinajstić information content (AvgIpc) is 2.96. The highest BCUT2D eigenvalue weighted by Crippen LogP contribution is 2.40. The van der Waals surface area contributed by atoms with Crippen molar-refractivity contribution in [3.63, 3.8) is 0 Å². The molecule has 0 aromatic heterocycles. The van der Waals surface area contributed by atoms with Crippen molar-refractivity contribution in [2.24, 2.45) is 16.8 Å². The number of benzene rings is 2. The molecule has 7 nitrogen and oxygen atoms in total. The van der Waals surface area contributed by atoms with Crippen LogP contribution in [0, 0.1) is 11.8 Å². The van der Waals surface area contributed by atoms with Crippen LogP contribution in [-0.4, -0.2) is 60.7 Å². The van der Waals surface area contributed by atoms with E-state index in [4.69, 9.17) is 26.1 Å². The van der Waals surface area contributed by atoms with E-state index in [0.717, 1.165) is 36.5 Å². The molecule has 168 valence electrons. The van der Waals surface area contributed by atoms with Gasteiger partial charge in [-0.1, -0.05) is 23.7 Å². The number of nitrogens with one attached hydrogen (secondary N) is 1. The Hall–Kier alpha value is -2.61. The van der Waals surface area contributed by atoms with Crippen LogP contribution in [0.2, 0.25) is 5.02 Å². The number of carboxylic acids is 1. The van der Waals surface area contributed by atoms with Crippen LogP contribution in [0.5, 0.6) is 11.5 Å². The van der Waals surface area contributed by atoms with Crippen LogP contribution in [0.4, 0.5) is 5.69 Å². The summed E-state index contributed by atoms with van der Waals surface area (Å²) in [6.07, 6.45) is 1.55. The quantitative estimate of drug-likeness (QED) is 0.729. The third-order valence-electron chi connectivity index (χ3n) is 6.49. The van der Waals surface area contributed by atoms with Crippen molar-refractivity contribution in [2.75, 3.05) is 32.8 Å². The molecule has 3 aliphatic rings. The first-order valence-corrected chi connectivity index (χ1v) is 11.4. The second kappa shape index (κ2) is 9.10. The van der Waals surface area contributed by atoms with Gasteiger partial charge in [-0.25, -0.2) is 4.99 Å². The summed E-state index contributed by atoms with van der Waals surface area (Å²) >= 11 is 6.24. The molecule has 3 aliphatic heterocycles. The molecule has 3 heterocycles. The zero-order valence-electron chi connectivity index (χ0n) is 17.7. The molecule has 5 rings (SSSR count). The number of aliphatic imine (C=N–C) groups is 1. The third-order valence-corrected chi connectivity index (χ3v) is 6.73. The Morgan fingerprint density at radius 2 is 2.00 bits per heavy atom. The van der Waals surface area contributed by atoms with E-state index in [1.807, 2.05) is 30.3 Å². The number of fused-ring (bicyclic) bond motifs is 2. The molecule has 0 aliphatic carbocycles. The minimum atomic E-state index is -0.750. The van der Waals surface area contributed by atoms with Gasteiger partial charge in [0, 0.05) is 43.9 Å². The first-order chi connectivity index (χ1) is 15.6. The highest BCUT2D eigenvalue weighted by Gasteiger charge is 2.39. The van der Waals surface area contributed by atoms with Gasteiger partial charge in [0.2, 0.25) is 0 Å². The van der Waals surface area contributed by atoms with Crippen molar-refractivity contribution < 1.29 is 19.4 Å². The van der Waals surface area contributed by atoms with E-state index in [1.54, 1.807) is 12.1 Å². The van der Waals surface area contributed by atoms with Crippen molar-refractivity contribution in [3.05, 3.63) is 53.1 Å². The van der Waals surface area contributed by atoms with Crippen LogP contribution in [0.25, 0.3) is 0 Å². The molecule has 2 atom stereocenters. The summed E-state index contributed by atoms with van der Waals surface area (Å²) in [6, 6.07) is 13.0. The van der Waals surface area contributed by atoms with Gasteiger partial charge in [0.25, 0.3) is 0 Å². The van der Waals surface area contributed by atoms with E-state index in [0.29, 0.717) is 42.8 Å². The van der Waals surface area contributed by atoms with E-state index in [2.05, 4.69) is 10.2 Å². The molecule has 0 amide bonds. The van der Waals surface area contributed by atoms with Gasteiger partial charge in [0.05, 0.1) is 11.5 Å². The molecule has 0 bridgehead atoms. The minimum Gasteiger partial charge on any atom is -0.481 e. The molecule has 8 heteroatoms. The molecule has 2 aromatic carbocycles. The van der Waals surface area contributed by atoms with Gasteiger partial charge in [-0.3, -0.25) is 4.79 Å². The van der Waals surface area contributed by atoms with Gasteiger partial charge in [-0.15, -0.1) is 0 Å². The van der Waals surface area contributed by atoms with Gasteiger partial charge in [-0.2, -0.15) is 0 Å². The lowest BCUT2D eigenvalue weighted by molar-refractivity contribution is -0.146. The first kappa shape index (κ1) is 21.2. The molecule has 32 heavy (non-hydrogen) atoms. The van der Waals surface area contributed by atoms with Crippen LogP contribution in [0.1, 0.15) is 18.4 Å². The monoisotopic (exact) mass is 455 g/mol. The molecule has 2 aromatic rings. The number of amidine groups is 1. The molecule has 2 saturated heterocycles. The number of rotatable bonds is 3. The average molecular weight is 456 g/mol. The number of piperazine rings is 1. The van der Waals surface area contributed by atoms with Gasteiger partial charge >= 0.3 is 5.97 Å². The Balaban J connectivity index is 1.49. The van der Waals surface area contributed by atoms with Gasteiger partial charge < -0.3 is 24.8 Å². The van der Waals surface area contributed by atoms with Crippen molar-refractivity contribution in [3.8, 4) is 11.5 Å². The summed E-state index contributed by atoms with van der Waals surface area (Å²) in [6.45, 7) is 3.21. The summed E-state index contributed by atoms with van der Waals surface area (Å²) in [7, 11) is 0. The summed E-state index contributed by atoms with van der Waals surface area (Å²) in [4.78, 5) is 19.4. The van der Waals surface area contributed by atoms with Crippen LogP contribution < -0.4 is 10.1 Å². The number of hydrogen-bond donors (Lipinski definition) is 2. The van der Waals surface area contributed by atoms with E-state index >= 15 is 0 Å². The lowest BCUT2D eigenvalue weighted by atomic mass is 9.80. The zero-order chi connectivity index (χ0) is 22.1. The number of para-hydroxylation sites is 1. The SMILES string of the molecule is O=C(O)C(C1CCOCC1)C1CN(C2=Nc3cc(Cl)ccc3Oc3ccccc32)CCN1. The van der Waals surface area contributed by atoms with Crippen molar-refractivity contribution in [1.29, 1.82) is 0 Å². The summed E-state index contributed by atoms with van der Waals surface area (Å²) in [5, 5.41) is 14.1.